The largest absolute Gasteiger partial charge is 0.366 e. The summed E-state index contributed by atoms with van der Waals surface area (Å²) in [6, 6.07) is 0.429. The summed E-state index contributed by atoms with van der Waals surface area (Å²) < 4.78 is 5.62. The predicted octanol–water partition coefficient (Wildman–Crippen LogP) is 0.308. The maximum Gasteiger partial charge on any atom is 0.253 e. The Bertz CT molecular complexity index is 284. The van der Waals surface area contributed by atoms with E-state index in [2.05, 4.69) is 29.2 Å². The number of ether oxygens (including phenoxy) is 1. The first-order chi connectivity index (χ1) is 9.18. The second kappa shape index (κ2) is 7.22. The van der Waals surface area contributed by atoms with Gasteiger partial charge in [0.15, 0.2) is 0 Å². The molecule has 1 N–H and O–H groups in total. The zero-order chi connectivity index (χ0) is 13.7. The third kappa shape index (κ3) is 4.16. The summed E-state index contributed by atoms with van der Waals surface area (Å²) in [4.78, 5) is 16.8. The number of nitrogens with one attached hydrogen (secondary N) is 1. The van der Waals surface area contributed by atoms with Gasteiger partial charge in [-0.05, 0) is 26.9 Å². The second-order valence-corrected chi connectivity index (χ2v) is 5.84. The number of likely N-dealkylation sites (N-methyl/N-ethyl adjacent to an activating group) is 1. The first-order valence-corrected chi connectivity index (χ1v) is 7.46. The summed E-state index contributed by atoms with van der Waals surface area (Å²) in [6.07, 6.45) is 4.52. The Kier molecular flexibility index (Phi) is 5.60. The van der Waals surface area contributed by atoms with Crippen molar-refractivity contribution in [3.63, 3.8) is 0 Å². The van der Waals surface area contributed by atoms with Crippen molar-refractivity contribution in [1.82, 2.24) is 15.1 Å². The zero-order valence-corrected chi connectivity index (χ0v) is 12.2. The molecule has 0 aromatic heterocycles. The fourth-order valence-electron chi connectivity index (χ4n) is 2.91. The average molecular weight is 269 g/mol. The van der Waals surface area contributed by atoms with Crippen LogP contribution in [0.1, 0.15) is 25.7 Å². The van der Waals surface area contributed by atoms with Crippen LogP contribution in [0.3, 0.4) is 0 Å². The van der Waals surface area contributed by atoms with Gasteiger partial charge >= 0.3 is 0 Å². The van der Waals surface area contributed by atoms with Crippen LogP contribution in [-0.4, -0.2) is 74.7 Å². The monoisotopic (exact) mass is 269 g/mol. The molecule has 1 saturated heterocycles. The maximum absolute atomic E-state index is 12.6. The molecule has 2 fully saturated rings. The highest BCUT2D eigenvalue weighted by atomic mass is 16.5. The standard InChI is InChI=1S/C14H27N3O2/c1-16(2)8-9-17(12-5-3-4-6-12)14(18)13-11-15-7-10-19-13/h12-13,15H,3-11H2,1-2H3. The highest BCUT2D eigenvalue weighted by molar-refractivity contribution is 5.81. The number of carbonyl (C=O) groups is 1. The van der Waals surface area contributed by atoms with Crippen LogP contribution in [0.15, 0.2) is 0 Å². The number of amides is 1. The molecular weight excluding hydrogens is 242 g/mol. The summed E-state index contributed by atoms with van der Waals surface area (Å²) in [5.74, 6) is 0.181. The highest BCUT2D eigenvalue weighted by Gasteiger charge is 2.32. The lowest BCUT2D eigenvalue weighted by atomic mass is 10.1. The molecule has 5 nitrogen and oxygen atoms in total. The van der Waals surface area contributed by atoms with Crippen LogP contribution < -0.4 is 5.32 Å². The molecule has 1 aliphatic carbocycles. The predicted molar refractivity (Wildman–Crippen MR) is 75.1 cm³/mol. The van der Waals surface area contributed by atoms with E-state index >= 15 is 0 Å². The smallest absolute Gasteiger partial charge is 0.253 e. The molecule has 1 aliphatic heterocycles. The fourth-order valence-corrected chi connectivity index (χ4v) is 2.91. The first-order valence-electron chi connectivity index (χ1n) is 7.46. The Morgan fingerprint density at radius 1 is 1.26 bits per heavy atom. The van der Waals surface area contributed by atoms with E-state index in [0.29, 0.717) is 19.2 Å². The first kappa shape index (κ1) is 14.8. The molecular formula is C14H27N3O2. The normalized spacial score (nSPS) is 24.9. The Morgan fingerprint density at radius 2 is 2.00 bits per heavy atom. The van der Waals surface area contributed by atoms with Gasteiger partial charge < -0.3 is 19.9 Å². The molecule has 1 saturated carbocycles. The van der Waals surface area contributed by atoms with Gasteiger partial charge in [-0.25, -0.2) is 0 Å². The lowest BCUT2D eigenvalue weighted by Crippen LogP contribution is -2.53. The Labute approximate surface area is 116 Å². The van der Waals surface area contributed by atoms with Crippen molar-refractivity contribution in [2.24, 2.45) is 0 Å². The van der Waals surface area contributed by atoms with Crippen LogP contribution in [-0.2, 0) is 9.53 Å². The van der Waals surface area contributed by atoms with Crippen LogP contribution in [0.25, 0.3) is 0 Å². The van der Waals surface area contributed by atoms with Crippen LogP contribution in [0.4, 0.5) is 0 Å². The van der Waals surface area contributed by atoms with E-state index in [0.717, 1.165) is 32.5 Å². The lowest BCUT2D eigenvalue weighted by molar-refractivity contribution is -0.147. The molecule has 1 atom stereocenters. The molecule has 110 valence electrons. The van der Waals surface area contributed by atoms with E-state index in [1.54, 1.807) is 0 Å². The molecule has 0 aromatic carbocycles. The average Bonchev–Trinajstić information content (AvgIpc) is 2.93. The fraction of sp³-hybridized carbons (Fsp3) is 0.929. The number of rotatable bonds is 5. The topological polar surface area (TPSA) is 44.8 Å². The van der Waals surface area contributed by atoms with Crippen LogP contribution in [0, 0.1) is 0 Å². The number of hydrogen-bond donors (Lipinski definition) is 1. The minimum Gasteiger partial charge on any atom is -0.366 e. The van der Waals surface area contributed by atoms with Gasteiger partial charge in [0.2, 0.25) is 0 Å². The Balaban J connectivity index is 1.95. The van der Waals surface area contributed by atoms with Crippen LogP contribution in [0.5, 0.6) is 0 Å². The van der Waals surface area contributed by atoms with Gasteiger partial charge in [0.25, 0.3) is 5.91 Å². The maximum atomic E-state index is 12.6. The molecule has 1 unspecified atom stereocenters. The summed E-state index contributed by atoms with van der Waals surface area (Å²) >= 11 is 0. The number of morpholine rings is 1. The van der Waals surface area contributed by atoms with Crippen molar-refractivity contribution in [3.05, 3.63) is 0 Å². The van der Waals surface area contributed by atoms with E-state index < -0.39 is 0 Å². The van der Waals surface area contributed by atoms with E-state index in [9.17, 15) is 4.79 Å². The minimum absolute atomic E-state index is 0.181. The van der Waals surface area contributed by atoms with Gasteiger partial charge in [-0.15, -0.1) is 0 Å². The quantitative estimate of drug-likeness (QED) is 0.780. The third-order valence-corrected chi connectivity index (χ3v) is 4.04. The van der Waals surface area contributed by atoms with E-state index in [-0.39, 0.29) is 12.0 Å². The molecule has 0 spiro atoms. The van der Waals surface area contributed by atoms with E-state index in [1.807, 2.05) is 0 Å². The summed E-state index contributed by atoms with van der Waals surface area (Å²) in [5, 5.41) is 3.24. The van der Waals surface area contributed by atoms with Crippen molar-refractivity contribution in [1.29, 1.82) is 0 Å². The van der Waals surface area contributed by atoms with Gasteiger partial charge in [0.05, 0.1) is 6.61 Å². The lowest BCUT2D eigenvalue weighted by Gasteiger charge is -2.34. The second-order valence-electron chi connectivity index (χ2n) is 5.84. The molecule has 1 amide bonds. The molecule has 19 heavy (non-hydrogen) atoms. The van der Waals surface area contributed by atoms with Gasteiger partial charge in [-0.1, -0.05) is 12.8 Å². The van der Waals surface area contributed by atoms with Gasteiger partial charge in [0, 0.05) is 32.2 Å². The molecule has 0 radical (unpaired) electrons. The molecule has 0 bridgehead atoms. The number of hydrogen-bond acceptors (Lipinski definition) is 4. The third-order valence-electron chi connectivity index (χ3n) is 4.04. The summed E-state index contributed by atoms with van der Waals surface area (Å²) in [7, 11) is 4.10. The zero-order valence-electron chi connectivity index (χ0n) is 12.2. The van der Waals surface area contributed by atoms with Crippen molar-refractivity contribution in [2.45, 2.75) is 37.8 Å². The minimum atomic E-state index is -0.281. The number of nitrogens with zero attached hydrogens (tertiary/aromatic N) is 2. The van der Waals surface area contributed by atoms with Gasteiger partial charge in [-0.2, -0.15) is 0 Å². The van der Waals surface area contributed by atoms with Gasteiger partial charge in [0.1, 0.15) is 6.10 Å². The molecule has 2 rings (SSSR count). The Hall–Kier alpha value is -0.650. The van der Waals surface area contributed by atoms with Crippen LogP contribution >= 0.6 is 0 Å². The van der Waals surface area contributed by atoms with E-state index in [1.165, 1.54) is 12.8 Å². The van der Waals surface area contributed by atoms with E-state index in [4.69, 9.17) is 4.74 Å². The van der Waals surface area contributed by atoms with Gasteiger partial charge in [-0.3, -0.25) is 4.79 Å². The van der Waals surface area contributed by atoms with Crippen LogP contribution in [0.2, 0.25) is 0 Å². The molecule has 5 heteroatoms. The molecule has 2 aliphatic rings. The van der Waals surface area contributed by atoms with Crippen molar-refractivity contribution in [2.75, 3.05) is 46.9 Å². The van der Waals surface area contributed by atoms with Crippen molar-refractivity contribution >= 4 is 5.91 Å². The summed E-state index contributed by atoms with van der Waals surface area (Å²) in [5.41, 5.74) is 0. The van der Waals surface area contributed by atoms with Crippen molar-refractivity contribution < 1.29 is 9.53 Å². The Morgan fingerprint density at radius 3 is 2.58 bits per heavy atom. The number of carbonyl (C=O) groups excluding carboxylic acids is 1. The van der Waals surface area contributed by atoms with Crippen molar-refractivity contribution in [3.8, 4) is 0 Å². The SMILES string of the molecule is CN(C)CCN(C(=O)C1CNCCO1)C1CCCC1. The molecule has 0 aromatic rings. The highest BCUT2D eigenvalue weighted by Crippen LogP contribution is 2.24. The summed E-state index contributed by atoms with van der Waals surface area (Å²) in [6.45, 7) is 3.89. The molecule has 1 heterocycles.